The van der Waals surface area contributed by atoms with Gasteiger partial charge in [-0.15, -0.1) is 0 Å². The van der Waals surface area contributed by atoms with Crippen molar-refractivity contribution in [3.8, 4) is 0 Å². The molecule has 0 aromatic carbocycles. The zero-order chi connectivity index (χ0) is 18.0. The number of rotatable bonds is 18. The summed E-state index contributed by atoms with van der Waals surface area (Å²) in [5.74, 6) is -0.666. The average Bonchev–Trinajstić information content (AvgIpc) is 2.56. The fourth-order valence-electron chi connectivity index (χ4n) is 3.26. The largest absolute Gasteiger partial charge is 0.481 e. The maximum absolute atomic E-state index is 10.8. The van der Waals surface area contributed by atoms with Crippen molar-refractivity contribution >= 4 is 5.97 Å². The van der Waals surface area contributed by atoms with E-state index in [9.17, 15) is 4.79 Å². The molecule has 1 N–H and O–H groups in total. The normalized spacial score (nSPS) is 12.7. The second-order valence-electron chi connectivity index (χ2n) is 7.35. The first-order chi connectivity index (χ1) is 11.6. The molecular formula is C21H43NO2. The summed E-state index contributed by atoms with van der Waals surface area (Å²) >= 11 is 0. The van der Waals surface area contributed by atoms with Crippen LogP contribution in [0.4, 0.5) is 0 Å². The Hall–Kier alpha value is -0.570. The molecule has 0 aromatic rings. The van der Waals surface area contributed by atoms with Crippen molar-refractivity contribution in [2.24, 2.45) is 0 Å². The molecule has 0 heterocycles. The first-order valence-corrected chi connectivity index (χ1v) is 10.6. The Balaban J connectivity index is 4.01. The van der Waals surface area contributed by atoms with Gasteiger partial charge in [-0.25, -0.2) is 0 Å². The molecule has 24 heavy (non-hydrogen) atoms. The Morgan fingerprint density at radius 2 is 1.21 bits per heavy atom. The van der Waals surface area contributed by atoms with Crippen LogP contribution in [-0.4, -0.2) is 35.1 Å². The third-order valence-corrected chi connectivity index (χ3v) is 5.00. The highest BCUT2D eigenvalue weighted by Crippen LogP contribution is 2.13. The van der Waals surface area contributed by atoms with Gasteiger partial charge in [0.05, 0.1) is 0 Å². The predicted octanol–water partition coefficient (Wildman–Crippen LogP) is 6.26. The van der Waals surface area contributed by atoms with Crippen molar-refractivity contribution in [2.45, 2.75) is 117 Å². The van der Waals surface area contributed by atoms with Gasteiger partial charge in [0.25, 0.3) is 0 Å². The molecule has 0 bridgehead atoms. The van der Waals surface area contributed by atoms with Gasteiger partial charge in [0.1, 0.15) is 0 Å². The van der Waals surface area contributed by atoms with Gasteiger partial charge in [0, 0.05) is 12.5 Å². The van der Waals surface area contributed by atoms with Crippen LogP contribution in [0.1, 0.15) is 111 Å². The first kappa shape index (κ1) is 23.4. The highest BCUT2D eigenvalue weighted by atomic mass is 16.4. The van der Waals surface area contributed by atoms with Crippen LogP contribution in [0.3, 0.4) is 0 Å². The summed E-state index contributed by atoms with van der Waals surface area (Å²) in [5, 5.41) is 8.92. The number of nitrogens with zero attached hydrogens (tertiary/aromatic N) is 1. The number of hydrogen-bond acceptors (Lipinski definition) is 2. The van der Waals surface area contributed by atoms with E-state index in [-0.39, 0.29) is 0 Å². The SMILES string of the molecule is CCCCCCCCN(CCCCCCCC)C(C)CCC(=O)O. The Labute approximate surface area is 151 Å². The molecule has 0 radical (unpaired) electrons. The molecule has 0 spiro atoms. The summed E-state index contributed by atoms with van der Waals surface area (Å²) in [6.07, 6.45) is 17.0. The minimum atomic E-state index is -0.666. The lowest BCUT2D eigenvalue weighted by molar-refractivity contribution is -0.137. The van der Waals surface area contributed by atoms with E-state index in [1.54, 1.807) is 0 Å². The van der Waals surface area contributed by atoms with Gasteiger partial charge in [0.15, 0.2) is 0 Å². The van der Waals surface area contributed by atoms with Crippen LogP contribution in [-0.2, 0) is 4.79 Å². The molecule has 3 nitrogen and oxygen atoms in total. The third-order valence-electron chi connectivity index (χ3n) is 5.00. The monoisotopic (exact) mass is 341 g/mol. The van der Waals surface area contributed by atoms with Gasteiger partial charge in [0.2, 0.25) is 0 Å². The van der Waals surface area contributed by atoms with Gasteiger partial charge in [-0.1, -0.05) is 78.1 Å². The summed E-state index contributed by atoms with van der Waals surface area (Å²) in [6.45, 7) is 9.00. The molecule has 1 atom stereocenters. The molecule has 0 aliphatic carbocycles. The maximum Gasteiger partial charge on any atom is 0.303 e. The minimum Gasteiger partial charge on any atom is -0.481 e. The van der Waals surface area contributed by atoms with Crippen molar-refractivity contribution in [2.75, 3.05) is 13.1 Å². The van der Waals surface area contributed by atoms with Crippen LogP contribution in [0, 0.1) is 0 Å². The Bertz CT molecular complexity index is 265. The van der Waals surface area contributed by atoms with E-state index in [1.807, 2.05) is 0 Å². The molecule has 0 fully saturated rings. The van der Waals surface area contributed by atoms with Crippen LogP contribution in [0.15, 0.2) is 0 Å². The van der Waals surface area contributed by atoms with Crippen LogP contribution < -0.4 is 0 Å². The smallest absolute Gasteiger partial charge is 0.303 e. The fraction of sp³-hybridized carbons (Fsp3) is 0.952. The number of unbranched alkanes of at least 4 members (excludes halogenated alkanes) is 10. The standard InChI is InChI=1S/C21H43NO2/c1-4-6-8-10-12-14-18-22(20(3)16-17-21(23)24)19-15-13-11-9-7-5-2/h20H,4-19H2,1-3H3,(H,23,24). The molecule has 0 aliphatic heterocycles. The van der Waals surface area contributed by atoms with Crippen molar-refractivity contribution in [3.63, 3.8) is 0 Å². The quantitative estimate of drug-likeness (QED) is 0.299. The Kier molecular flexibility index (Phi) is 16.8. The van der Waals surface area contributed by atoms with Gasteiger partial charge < -0.3 is 10.0 Å². The summed E-state index contributed by atoms with van der Waals surface area (Å²) in [6, 6.07) is 0.396. The Morgan fingerprint density at radius 1 is 0.792 bits per heavy atom. The lowest BCUT2D eigenvalue weighted by atomic mass is 10.1. The lowest BCUT2D eigenvalue weighted by Crippen LogP contribution is -2.35. The molecule has 0 aliphatic rings. The molecule has 0 rings (SSSR count). The van der Waals surface area contributed by atoms with Gasteiger partial charge in [-0.3, -0.25) is 4.79 Å². The molecule has 1 unspecified atom stereocenters. The van der Waals surface area contributed by atoms with Crippen molar-refractivity contribution < 1.29 is 9.90 Å². The third kappa shape index (κ3) is 15.0. The van der Waals surface area contributed by atoms with Gasteiger partial charge in [-0.2, -0.15) is 0 Å². The maximum atomic E-state index is 10.8. The van der Waals surface area contributed by atoms with E-state index < -0.39 is 5.97 Å². The summed E-state index contributed by atoms with van der Waals surface area (Å²) in [5.41, 5.74) is 0. The van der Waals surface area contributed by atoms with E-state index >= 15 is 0 Å². The van der Waals surface area contributed by atoms with E-state index in [2.05, 4.69) is 25.7 Å². The second kappa shape index (κ2) is 17.3. The van der Waals surface area contributed by atoms with Crippen LogP contribution in [0.5, 0.6) is 0 Å². The molecule has 3 heteroatoms. The summed E-state index contributed by atoms with van der Waals surface area (Å²) in [4.78, 5) is 13.4. The first-order valence-electron chi connectivity index (χ1n) is 10.6. The molecular weight excluding hydrogens is 298 g/mol. The average molecular weight is 342 g/mol. The molecule has 0 amide bonds. The predicted molar refractivity (Wildman–Crippen MR) is 105 cm³/mol. The van der Waals surface area contributed by atoms with Crippen molar-refractivity contribution in [1.82, 2.24) is 4.90 Å². The number of carboxylic acid groups (broad SMARTS) is 1. The number of carboxylic acids is 1. The van der Waals surface area contributed by atoms with Crippen molar-refractivity contribution in [1.29, 1.82) is 0 Å². The highest BCUT2D eigenvalue weighted by Gasteiger charge is 2.14. The van der Waals surface area contributed by atoms with Gasteiger partial charge >= 0.3 is 5.97 Å². The van der Waals surface area contributed by atoms with Crippen LogP contribution in [0.25, 0.3) is 0 Å². The van der Waals surface area contributed by atoms with Crippen LogP contribution in [0.2, 0.25) is 0 Å². The topological polar surface area (TPSA) is 40.5 Å². The number of hydrogen-bond donors (Lipinski definition) is 1. The van der Waals surface area contributed by atoms with Gasteiger partial charge in [-0.05, 0) is 39.3 Å². The van der Waals surface area contributed by atoms with Crippen LogP contribution >= 0.6 is 0 Å². The summed E-state index contributed by atoms with van der Waals surface area (Å²) in [7, 11) is 0. The Morgan fingerprint density at radius 3 is 1.62 bits per heavy atom. The molecule has 0 aromatic heterocycles. The van der Waals surface area contributed by atoms with E-state index in [0.29, 0.717) is 12.5 Å². The zero-order valence-electron chi connectivity index (χ0n) is 16.7. The number of aliphatic carboxylic acids is 1. The minimum absolute atomic E-state index is 0.296. The van der Waals surface area contributed by atoms with Crippen molar-refractivity contribution in [3.05, 3.63) is 0 Å². The molecule has 144 valence electrons. The van der Waals surface area contributed by atoms with E-state index in [0.717, 1.165) is 19.5 Å². The zero-order valence-corrected chi connectivity index (χ0v) is 16.7. The van der Waals surface area contributed by atoms with E-state index in [4.69, 9.17) is 5.11 Å². The summed E-state index contributed by atoms with van der Waals surface area (Å²) < 4.78 is 0. The highest BCUT2D eigenvalue weighted by molar-refractivity contribution is 5.66. The molecule has 0 saturated carbocycles. The second-order valence-corrected chi connectivity index (χ2v) is 7.35. The fourth-order valence-corrected chi connectivity index (χ4v) is 3.26. The number of carbonyl (C=O) groups is 1. The molecule has 0 saturated heterocycles. The lowest BCUT2D eigenvalue weighted by Gasteiger charge is -2.29. The van der Waals surface area contributed by atoms with E-state index in [1.165, 1.54) is 77.0 Å².